The molecule has 0 aromatic heterocycles. The van der Waals surface area contributed by atoms with Gasteiger partial charge in [-0.2, -0.15) is 0 Å². The van der Waals surface area contributed by atoms with Crippen molar-refractivity contribution in [3.05, 3.63) is 90.0 Å². The molecule has 4 heteroatoms. The van der Waals surface area contributed by atoms with Gasteiger partial charge in [-0.25, -0.2) is 5.06 Å². The molecule has 0 fully saturated rings. The molecule has 0 aliphatic carbocycles. The fraction of sp³-hybridized carbons (Fsp3) is 0.100. The molecule has 1 N–H and O–H groups in total. The van der Waals surface area contributed by atoms with Gasteiger partial charge >= 0.3 is 0 Å². The number of nitrogens with zero attached hydrogens (tertiary/aromatic N) is 1. The summed E-state index contributed by atoms with van der Waals surface area (Å²) in [5.41, 5.74) is 3.00. The summed E-state index contributed by atoms with van der Waals surface area (Å²) in [5, 5.41) is 11.6. The van der Waals surface area contributed by atoms with E-state index in [1.165, 1.54) is 5.06 Å². The standard InChI is InChI=1S/C20H17NO2S/c22-21-18-11-4-5-12-19(18)24-20(21)16-9-6-10-17(13-16)23-14-15-7-2-1-3-8-15/h1-13,20,22H,14H2. The van der Waals surface area contributed by atoms with Crippen molar-refractivity contribution >= 4 is 17.4 Å². The highest BCUT2D eigenvalue weighted by Gasteiger charge is 2.30. The molecule has 0 bridgehead atoms. The highest BCUT2D eigenvalue weighted by atomic mass is 32.2. The summed E-state index contributed by atoms with van der Waals surface area (Å²) in [6.07, 6.45) is 0. The zero-order chi connectivity index (χ0) is 16.4. The third kappa shape index (κ3) is 2.98. The van der Waals surface area contributed by atoms with Gasteiger partial charge in [0.25, 0.3) is 0 Å². The van der Waals surface area contributed by atoms with Gasteiger partial charge < -0.3 is 4.74 Å². The quantitative estimate of drug-likeness (QED) is 0.704. The Labute approximate surface area is 145 Å². The van der Waals surface area contributed by atoms with Crippen LogP contribution in [0.25, 0.3) is 0 Å². The Morgan fingerprint density at radius 1 is 0.917 bits per heavy atom. The van der Waals surface area contributed by atoms with Crippen molar-refractivity contribution in [2.75, 3.05) is 5.06 Å². The van der Waals surface area contributed by atoms with E-state index in [0.29, 0.717) is 6.61 Å². The van der Waals surface area contributed by atoms with E-state index >= 15 is 0 Å². The van der Waals surface area contributed by atoms with Crippen LogP contribution in [0.5, 0.6) is 5.75 Å². The lowest BCUT2D eigenvalue weighted by Gasteiger charge is -2.20. The molecule has 1 aliphatic heterocycles. The van der Waals surface area contributed by atoms with E-state index in [1.807, 2.05) is 78.9 Å². The summed E-state index contributed by atoms with van der Waals surface area (Å²) in [7, 11) is 0. The number of hydroxylamine groups is 1. The first-order chi connectivity index (χ1) is 11.8. The summed E-state index contributed by atoms with van der Waals surface area (Å²) in [5.74, 6) is 0.807. The van der Waals surface area contributed by atoms with Gasteiger partial charge in [0.1, 0.15) is 17.7 Å². The molecule has 1 aliphatic rings. The second-order valence-corrected chi connectivity index (χ2v) is 6.75. The van der Waals surface area contributed by atoms with Crippen LogP contribution in [0.15, 0.2) is 83.8 Å². The second kappa shape index (κ2) is 6.59. The van der Waals surface area contributed by atoms with Crippen LogP contribution < -0.4 is 9.80 Å². The number of ether oxygens (including phenoxy) is 1. The molecule has 3 aromatic carbocycles. The SMILES string of the molecule is ON1c2ccccc2SC1c1cccc(OCc2ccccc2)c1. The van der Waals surface area contributed by atoms with E-state index in [-0.39, 0.29) is 5.37 Å². The van der Waals surface area contributed by atoms with Crippen LogP contribution in [0.3, 0.4) is 0 Å². The summed E-state index contributed by atoms with van der Waals surface area (Å²) < 4.78 is 5.90. The van der Waals surface area contributed by atoms with Crippen molar-refractivity contribution in [1.29, 1.82) is 0 Å². The molecule has 0 saturated heterocycles. The van der Waals surface area contributed by atoms with Crippen LogP contribution in [-0.2, 0) is 6.61 Å². The van der Waals surface area contributed by atoms with Crippen LogP contribution in [0.4, 0.5) is 5.69 Å². The zero-order valence-electron chi connectivity index (χ0n) is 13.0. The first-order valence-corrected chi connectivity index (χ1v) is 8.70. The largest absolute Gasteiger partial charge is 0.489 e. The smallest absolute Gasteiger partial charge is 0.131 e. The number of hydrogen-bond donors (Lipinski definition) is 1. The number of rotatable bonds is 4. The van der Waals surface area contributed by atoms with E-state index < -0.39 is 0 Å². The van der Waals surface area contributed by atoms with E-state index in [9.17, 15) is 5.21 Å². The van der Waals surface area contributed by atoms with Gasteiger partial charge in [-0.15, -0.1) is 0 Å². The Hall–Kier alpha value is -2.43. The maximum absolute atomic E-state index is 10.5. The van der Waals surface area contributed by atoms with Gasteiger partial charge in [0.15, 0.2) is 0 Å². The van der Waals surface area contributed by atoms with E-state index in [2.05, 4.69) is 0 Å². The molecule has 24 heavy (non-hydrogen) atoms. The molecule has 3 nitrogen and oxygen atoms in total. The van der Waals surface area contributed by atoms with Crippen molar-refractivity contribution < 1.29 is 9.94 Å². The van der Waals surface area contributed by atoms with Crippen LogP contribution in [0, 0.1) is 0 Å². The average molecular weight is 335 g/mol. The summed E-state index contributed by atoms with van der Waals surface area (Å²) in [4.78, 5) is 1.08. The number of para-hydroxylation sites is 1. The Balaban J connectivity index is 1.51. The second-order valence-electron chi connectivity index (χ2n) is 5.63. The van der Waals surface area contributed by atoms with Crippen LogP contribution in [0.1, 0.15) is 16.5 Å². The normalized spacial score (nSPS) is 16.0. The predicted octanol–water partition coefficient (Wildman–Crippen LogP) is 5.27. The van der Waals surface area contributed by atoms with Gasteiger partial charge in [-0.05, 0) is 35.4 Å². The van der Waals surface area contributed by atoms with Crippen LogP contribution >= 0.6 is 11.8 Å². The van der Waals surface area contributed by atoms with Crippen molar-refractivity contribution in [2.24, 2.45) is 0 Å². The highest BCUT2D eigenvalue weighted by Crippen LogP contribution is 2.50. The van der Waals surface area contributed by atoms with Gasteiger partial charge in [0.05, 0.1) is 5.69 Å². The molecular formula is C20H17NO2S. The summed E-state index contributed by atoms with van der Waals surface area (Å²) in [6.45, 7) is 0.533. The molecule has 1 atom stereocenters. The van der Waals surface area contributed by atoms with Crippen molar-refractivity contribution in [3.8, 4) is 5.75 Å². The lowest BCUT2D eigenvalue weighted by Crippen LogP contribution is -2.17. The first kappa shape index (κ1) is 15.1. The van der Waals surface area contributed by atoms with Gasteiger partial charge in [0.2, 0.25) is 0 Å². The maximum atomic E-state index is 10.5. The molecule has 0 amide bonds. The van der Waals surface area contributed by atoms with E-state index in [0.717, 1.165) is 27.5 Å². The van der Waals surface area contributed by atoms with Crippen molar-refractivity contribution in [3.63, 3.8) is 0 Å². The fourth-order valence-electron chi connectivity index (χ4n) is 2.75. The molecule has 0 radical (unpaired) electrons. The molecule has 1 heterocycles. The van der Waals surface area contributed by atoms with E-state index in [4.69, 9.17) is 4.74 Å². The lowest BCUT2D eigenvalue weighted by atomic mass is 10.2. The minimum atomic E-state index is -0.150. The molecular weight excluding hydrogens is 318 g/mol. The zero-order valence-corrected chi connectivity index (χ0v) is 13.8. The van der Waals surface area contributed by atoms with Crippen molar-refractivity contribution in [2.45, 2.75) is 16.9 Å². The summed E-state index contributed by atoms with van der Waals surface area (Å²) >= 11 is 1.64. The third-order valence-electron chi connectivity index (χ3n) is 3.96. The van der Waals surface area contributed by atoms with Crippen molar-refractivity contribution in [1.82, 2.24) is 0 Å². The number of anilines is 1. The fourth-order valence-corrected chi connectivity index (χ4v) is 3.93. The van der Waals surface area contributed by atoms with E-state index in [1.54, 1.807) is 11.8 Å². The van der Waals surface area contributed by atoms with Gasteiger partial charge in [0, 0.05) is 4.90 Å². The Morgan fingerprint density at radius 3 is 2.54 bits per heavy atom. The Kier molecular flexibility index (Phi) is 4.15. The molecule has 4 rings (SSSR count). The average Bonchev–Trinajstić information content (AvgIpc) is 2.98. The summed E-state index contributed by atoms with van der Waals surface area (Å²) in [6, 6.07) is 25.9. The monoisotopic (exact) mass is 335 g/mol. The molecule has 3 aromatic rings. The predicted molar refractivity (Wildman–Crippen MR) is 96.5 cm³/mol. The van der Waals surface area contributed by atoms with Gasteiger partial charge in [-0.1, -0.05) is 66.4 Å². The Morgan fingerprint density at radius 2 is 1.71 bits per heavy atom. The number of thioether (sulfide) groups is 1. The minimum absolute atomic E-state index is 0.150. The third-order valence-corrected chi connectivity index (χ3v) is 5.26. The molecule has 1 unspecified atom stereocenters. The molecule has 0 spiro atoms. The number of hydrogen-bond acceptors (Lipinski definition) is 4. The van der Waals surface area contributed by atoms with Gasteiger partial charge in [-0.3, -0.25) is 5.21 Å². The van der Waals surface area contributed by atoms with Crippen LogP contribution in [-0.4, -0.2) is 5.21 Å². The maximum Gasteiger partial charge on any atom is 0.131 e. The Bertz CT molecular complexity index is 838. The molecule has 0 saturated carbocycles. The molecule has 120 valence electrons. The first-order valence-electron chi connectivity index (χ1n) is 7.82. The highest BCUT2D eigenvalue weighted by molar-refractivity contribution is 8.00. The lowest BCUT2D eigenvalue weighted by molar-refractivity contribution is 0.248. The number of fused-ring (bicyclic) bond motifs is 1. The number of benzene rings is 3. The minimum Gasteiger partial charge on any atom is -0.489 e. The van der Waals surface area contributed by atoms with Crippen LogP contribution in [0.2, 0.25) is 0 Å². The topological polar surface area (TPSA) is 32.7 Å².